The maximum atomic E-state index is 11.5. The molecule has 0 unspecified atom stereocenters. The number of carbonyl (C=O) groups excluding carboxylic acids is 1. The molecule has 1 heterocycles. The minimum absolute atomic E-state index is 0.180. The van der Waals surface area contributed by atoms with Crippen molar-refractivity contribution in [2.45, 2.75) is 13.5 Å². The Hall–Kier alpha value is -2.89. The van der Waals surface area contributed by atoms with Crippen LogP contribution in [0.3, 0.4) is 0 Å². The van der Waals surface area contributed by atoms with E-state index in [0.29, 0.717) is 18.2 Å². The van der Waals surface area contributed by atoms with Crippen LogP contribution in [-0.2, 0) is 11.3 Å². The number of carbonyl (C=O) groups is 1. The van der Waals surface area contributed by atoms with Crippen molar-refractivity contribution >= 4 is 5.91 Å². The number of hydrogen-bond donors (Lipinski definition) is 2. The van der Waals surface area contributed by atoms with Crippen LogP contribution in [0.2, 0.25) is 0 Å². The molecule has 0 aliphatic rings. The Morgan fingerprint density at radius 2 is 2.09 bits per heavy atom. The molecule has 0 atom stereocenters. The number of H-pyrrole nitrogens is 1. The number of amides is 1. The maximum absolute atomic E-state index is 11.5. The molecule has 2 N–H and O–H groups in total. The van der Waals surface area contributed by atoms with Crippen LogP contribution in [-0.4, -0.2) is 28.2 Å². The summed E-state index contributed by atoms with van der Waals surface area (Å²) in [4.78, 5) is 15.9. The van der Waals surface area contributed by atoms with Crippen LogP contribution in [0.15, 0.2) is 48.6 Å². The summed E-state index contributed by atoms with van der Waals surface area (Å²) in [6.45, 7) is 2.18. The van der Waals surface area contributed by atoms with Gasteiger partial charge in [-0.2, -0.15) is 5.10 Å². The number of ether oxygens (including phenoxy) is 1. The second-order valence-corrected chi connectivity index (χ2v) is 4.44. The van der Waals surface area contributed by atoms with Crippen LogP contribution >= 0.6 is 0 Å². The standard InChI is InChI=1S/C16H18N4O2/c1-3-4-5-6-15(21)17-11-14-18-16(20-19-14)12-7-9-13(22-2)10-8-12/h3-10H,11H2,1-2H3,(H,17,21)(H,18,19,20)/b4-3+,6-5-. The summed E-state index contributed by atoms with van der Waals surface area (Å²) in [5.74, 6) is 1.77. The van der Waals surface area contributed by atoms with Crippen molar-refractivity contribution in [2.75, 3.05) is 7.11 Å². The molecule has 0 aliphatic carbocycles. The number of rotatable bonds is 6. The first-order valence-electron chi connectivity index (χ1n) is 6.86. The second-order valence-electron chi connectivity index (χ2n) is 4.44. The molecule has 1 aromatic heterocycles. The van der Waals surface area contributed by atoms with E-state index in [1.165, 1.54) is 6.08 Å². The number of nitrogens with one attached hydrogen (secondary N) is 2. The molecule has 0 fully saturated rings. The molecular formula is C16H18N4O2. The van der Waals surface area contributed by atoms with Crippen molar-refractivity contribution in [1.29, 1.82) is 0 Å². The molecule has 0 spiro atoms. The van der Waals surface area contributed by atoms with Crippen molar-refractivity contribution in [2.24, 2.45) is 0 Å². The third kappa shape index (κ3) is 4.31. The van der Waals surface area contributed by atoms with Gasteiger partial charge in [0.1, 0.15) is 11.6 Å². The number of aromatic nitrogens is 3. The summed E-state index contributed by atoms with van der Waals surface area (Å²) in [6.07, 6.45) is 6.77. The number of nitrogens with zero attached hydrogens (tertiary/aromatic N) is 2. The zero-order chi connectivity index (χ0) is 15.8. The van der Waals surface area contributed by atoms with Gasteiger partial charge in [-0.1, -0.05) is 18.2 Å². The summed E-state index contributed by atoms with van der Waals surface area (Å²) in [6, 6.07) is 7.45. The van der Waals surface area contributed by atoms with Gasteiger partial charge in [0.25, 0.3) is 0 Å². The van der Waals surface area contributed by atoms with Crippen molar-refractivity contribution in [3.8, 4) is 17.1 Å². The van der Waals surface area contributed by atoms with Crippen LogP contribution in [0.5, 0.6) is 5.75 Å². The first kappa shape index (κ1) is 15.5. The highest BCUT2D eigenvalue weighted by atomic mass is 16.5. The average Bonchev–Trinajstić information content (AvgIpc) is 3.02. The fraction of sp³-hybridized carbons (Fsp3) is 0.188. The first-order chi connectivity index (χ1) is 10.7. The van der Waals surface area contributed by atoms with Crippen molar-refractivity contribution in [3.63, 3.8) is 0 Å². The monoisotopic (exact) mass is 298 g/mol. The third-order valence-electron chi connectivity index (χ3n) is 2.86. The summed E-state index contributed by atoms with van der Waals surface area (Å²) in [5.41, 5.74) is 0.877. The predicted molar refractivity (Wildman–Crippen MR) is 84.2 cm³/mol. The largest absolute Gasteiger partial charge is 0.497 e. The first-order valence-corrected chi connectivity index (χ1v) is 6.86. The van der Waals surface area contributed by atoms with E-state index in [9.17, 15) is 4.79 Å². The van der Waals surface area contributed by atoms with E-state index < -0.39 is 0 Å². The molecule has 1 aromatic carbocycles. The molecular weight excluding hydrogens is 280 g/mol. The summed E-state index contributed by atoms with van der Waals surface area (Å²) in [5, 5.41) is 9.68. The lowest BCUT2D eigenvalue weighted by atomic mass is 10.2. The van der Waals surface area contributed by atoms with Gasteiger partial charge in [0, 0.05) is 11.6 Å². The van der Waals surface area contributed by atoms with Gasteiger partial charge in [-0.3, -0.25) is 9.89 Å². The van der Waals surface area contributed by atoms with Crippen molar-refractivity contribution in [3.05, 3.63) is 54.4 Å². The van der Waals surface area contributed by atoms with Gasteiger partial charge >= 0.3 is 0 Å². The average molecular weight is 298 g/mol. The van der Waals surface area contributed by atoms with E-state index in [1.807, 2.05) is 37.3 Å². The Morgan fingerprint density at radius 3 is 2.77 bits per heavy atom. The smallest absolute Gasteiger partial charge is 0.244 e. The molecule has 22 heavy (non-hydrogen) atoms. The molecule has 2 aromatic rings. The number of methoxy groups -OCH3 is 1. The van der Waals surface area contributed by atoms with E-state index in [1.54, 1.807) is 19.3 Å². The van der Waals surface area contributed by atoms with Gasteiger partial charge in [-0.05, 0) is 31.2 Å². The SMILES string of the molecule is C/C=C/C=C\C(=O)NCc1nc(-c2ccc(OC)cc2)n[nH]1. The number of allylic oxidation sites excluding steroid dienone is 3. The van der Waals surface area contributed by atoms with E-state index in [4.69, 9.17) is 4.74 Å². The fourth-order valence-electron chi connectivity index (χ4n) is 1.73. The van der Waals surface area contributed by atoms with Crippen molar-refractivity contribution in [1.82, 2.24) is 20.5 Å². The second kappa shape index (κ2) is 7.78. The summed E-state index contributed by atoms with van der Waals surface area (Å²) >= 11 is 0. The summed E-state index contributed by atoms with van der Waals surface area (Å²) < 4.78 is 5.11. The Bertz CT molecular complexity index is 672. The van der Waals surface area contributed by atoms with Crippen LogP contribution in [0, 0.1) is 0 Å². The van der Waals surface area contributed by atoms with Gasteiger partial charge < -0.3 is 10.1 Å². The molecule has 0 bridgehead atoms. The molecule has 1 amide bonds. The Morgan fingerprint density at radius 1 is 1.32 bits per heavy atom. The van der Waals surface area contributed by atoms with Crippen molar-refractivity contribution < 1.29 is 9.53 Å². The molecule has 2 rings (SSSR count). The zero-order valence-electron chi connectivity index (χ0n) is 12.5. The van der Waals surface area contributed by atoms with Gasteiger partial charge in [0.2, 0.25) is 5.91 Å². The normalized spacial score (nSPS) is 11.2. The molecule has 0 aliphatic heterocycles. The van der Waals surface area contributed by atoms with Crippen LogP contribution in [0.25, 0.3) is 11.4 Å². The lowest BCUT2D eigenvalue weighted by molar-refractivity contribution is -0.116. The number of aromatic amines is 1. The highest BCUT2D eigenvalue weighted by molar-refractivity contribution is 5.87. The Kier molecular flexibility index (Phi) is 5.48. The lowest BCUT2D eigenvalue weighted by Crippen LogP contribution is -2.20. The van der Waals surface area contributed by atoms with Gasteiger partial charge in [0.15, 0.2) is 5.82 Å². The topological polar surface area (TPSA) is 79.9 Å². The fourth-order valence-corrected chi connectivity index (χ4v) is 1.73. The molecule has 0 saturated heterocycles. The van der Waals surface area contributed by atoms with Gasteiger partial charge in [-0.25, -0.2) is 4.98 Å². The molecule has 6 nitrogen and oxygen atoms in total. The van der Waals surface area contributed by atoms with E-state index in [2.05, 4.69) is 20.5 Å². The van der Waals surface area contributed by atoms with Gasteiger partial charge in [-0.15, -0.1) is 0 Å². The molecule has 0 saturated carbocycles. The zero-order valence-corrected chi connectivity index (χ0v) is 12.5. The van der Waals surface area contributed by atoms with Gasteiger partial charge in [0.05, 0.1) is 13.7 Å². The minimum atomic E-state index is -0.180. The van der Waals surface area contributed by atoms with Crippen LogP contribution in [0.1, 0.15) is 12.7 Å². The molecule has 114 valence electrons. The Balaban J connectivity index is 1.94. The molecule has 0 radical (unpaired) electrons. The number of benzene rings is 1. The van der Waals surface area contributed by atoms with E-state index in [0.717, 1.165) is 11.3 Å². The maximum Gasteiger partial charge on any atom is 0.244 e. The summed E-state index contributed by atoms with van der Waals surface area (Å²) in [7, 11) is 1.62. The third-order valence-corrected chi connectivity index (χ3v) is 2.86. The minimum Gasteiger partial charge on any atom is -0.497 e. The highest BCUT2D eigenvalue weighted by Gasteiger charge is 2.06. The van der Waals surface area contributed by atoms with E-state index >= 15 is 0 Å². The number of hydrogen-bond acceptors (Lipinski definition) is 4. The van der Waals surface area contributed by atoms with Crippen LogP contribution < -0.4 is 10.1 Å². The highest BCUT2D eigenvalue weighted by Crippen LogP contribution is 2.18. The van der Waals surface area contributed by atoms with E-state index in [-0.39, 0.29) is 5.91 Å². The predicted octanol–water partition coefficient (Wildman–Crippen LogP) is 2.23. The van der Waals surface area contributed by atoms with Crippen LogP contribution in [0.4, 0.5) is 0 Å². The lowest BCUT2D eigenvalue weighted by Gasteiger charge is -1.99. The Labute approximate surface area is 128 Å². The molecule has 6 heteroatoms. The quantitative estimate of drug-likeness (QED) is 0.633.